The fourth-order valence-electron chi connectivity index (χ4n) is 1.88. The molecular weight excluding hydrogens is 228 g/mol. The molecule has 0 bridgehead atoms. The highest BCUT2D eigenvalue weighted by molar-refractivity contribution is 4.57. The lowest BCUT2D eigenvalue weighted by Crippen LogP contribution is -2.26. The first kappa shape index (κ1) is 17.9. The molecule has 0 fully saturated rings. The fraction of sp³-hybridized carbons (Fsp3) is 1.00. The molecule has 0 aliphatic carbocycles. The van der Waals surface area contributed by atoms with Gasteiger partial charge in [0.05, 0.1) is 37.6 Å². The molecule has 0 saturated carbocycles. The van der Waals surface area contributed by atoms with Gasteiger partial charge in [-0.05, 0) is 47.0 Å². The van der Waals surface area contributed by atoms with Crippen molar-refractivity contribution in [3.63, 3.8) is 0 Å². The average Bonchev–Trinajstić information content (AvgIpc) is 2.21. The third-order valence-corrected chi connectivity index (χ3v) is 2.54. The minimum absolute atomic E-state index is 0.123. The SMILES string of the molecule is CC(C)CC(C)OCC(C)OCC(C)OC(C)C. The minimum Gasteiger partial charge on any atom is -0.376 e. The predicted molar refractivity (Wildman–Crippen MR) is 76.0 cm³/mol. The van der Waals surface area contributed by atoms with Crippen molar-refractivity contribution in [2.24, 2.45) is 5.92 Å². The van der Waals surface area contributed by atoms with E-state index in [-0.39, 0.29) is 18.3 Å². The molecule has 0 rings (SSSR count). The molecule has 18 heavy (non-hydrogen) atoms. The van der Waals surface area contributed by atoms with Gasteiger partial charge in [0, 0.05) is 0 Å². The van der Waals surface area contributed by atoms with Crippen LogP contribution in [-0.2, 0) is 14.2 Å². The summed E-state index contributed by atoms with van der Waals surface area (Å²) in [6.45, 7) is 16.0. The third-order valence-electron chi connectivity index (χ3n) is 2.54. The highest BCUT2D eigenvalue weighted by Gasteiger charge is 2.11. The van der Waals surface area contributed by atoms with E-state index in [9.17, 15) is 0 Å². The normalized spacial score (nSPS) is 17.2. The maximum Gasteiger partial charge on any atom is 0.0784 e. The summed E-state index contributed by atoms with van der Waals surface area (Å²) in [4.78, 5) is 0. The highest BCUT2D eigenvalue weighted by atomic mass is 16.6. The van der Waals surface area contributed by atoms with Gasteiger partial charge in [0.1, 0.15) is 0 Å². The van der Waals surface area contributed by atoms with E-state index in [2.05, 4.69) is 20.8 Å². The standard InChI is InChI=1S/C15H32O3/c1-11(2)8-13(5)16-9-14(6)17-10-15(7)18-12(3)4/h11-15H,8-10H2,1-7H3. The molecule has 110 valence electrons. The van der Waals surface area contributed by atoms with Crippen LogP contribution < -0.4 is 0 Å². The Balaban J connectivity index is 3.61. The Morgan fingerprint density at radius 2 is 1.17 bits per heavy atom. The summed E-state index contributed by atoms with van der Waals surface area (Å²) >= 11 is 0. The van der Waals surface area contributed by atoms with E-state index in [0.717, 1.165) is 6.42 Å². The summed E-state index contributed by atoms with van der Waals surface area (Å²) in [6.07, 6.45) is 1.92. The molecule has 0 amide bonds. The second-order valence-corrected chi connectivity index (χ2v) is 5.91. The molecule has 0 spiro atoms. The molecule has 0 heterocycles. The lowest BCUT2D eigenvalue weighted by molar-refractivity contribution is -0.0810. The summed E-state index contributed by atoms with van der Waals surface area (Å²) in [6, 6.07) is 0. The summed E-state index contributed by atoms with van der Waals surface area (Å²) in [7, 11) is 0. The molecule has 3 atom stereocenters. The van der Waals surface area contributed by atoms with Crippen molar-refractivity contribution in [1.29, 1.82) is 0 Å². The molecule has 0 saturated heterocycles. The zero-order valence-corrected chi connectivity index (χ0v) is 13.2. The van der Waals surface area contributed by atoms with Crippen LogP contribution in [0.1, 0.15) is 54.9 Å². The van der Waals surface area contributed by atoms with Crippen LogP contribution in [0.25, 0.3) is 0 Å². The Bertz CT molecular complexity index is 172. The van der Waals surface area contributed by atoms with Crippen LogP contribution in [0.2, 0.25) is 0 Å². The molecule has 0 aliphatic rings. The Morgan fingerprint density at radius 1 is 0.667 bits per heavy atom. The summed E-state index contributed by atoms with van der Waals surface area (Å²) in [5, 5.41) is 0. The zero-order valence-electron chi connectivity index (χ0n) is 13.2. The van der Waals surface area contributed by atoms with Gasteiger partial charge in [-0.3, -0.25) is 0 Å². The van der Waals surface area contributed by atoms with Crippen molar-refractivity contribution in [3.05, 3.63) is 0 Å². The lowest BCUT2D eigenvalue weighted by atomic mass is 10.1. The molecule has 3 heteroatoms. The highest BCUT2D eigenvalue weighted by Crippen LogP contribution is 2.08. The smallest absolute Gasteiger partial charge is 0.0784 e. The molecule has 0 aromatic carbocycles. The van der Waals surface area contributed by atoms with Gasteiger partial charge in [-0.1, -0.05) is 13.8 Å². The number of rotatable bonds is 10. The van der Waals surface area contributed by atoms with Gasteiger partial charge in [-0.2, -0.15) is 0 Å². The van der Waals surface area contributed by atoms with Gasteiger partial charge in [0.25, 0.3) is 0 Å². The van der Waals surface area contributed by atoms with E-state index in [1.807, 2.05) is 27.7 Å². The van der Waals surface area contributed by atoms with Crippen molar-refractivity contribution < 1.29 is 14.2 Å². The zero-order chi connectivity index (χ0) is 14.1. The van der Waals surface area contributed by atoms with Crippen LogP contribution in [0, 0.1) is 5.92 Å². The summed E-state index contributed by atoms with van der Waals surface area (Å²) in [5.41, 5.74) is 0. The summed E-state index contributed by atoms with van der Waals surface area (Å²) < 4.78 is 17.1. The van der Waals surface area contributed by atoms with Gasteiger partial charge in [0.15, 0.2) is 0 Å². The molecule has 0 aromatic rings. The van der Waals surface area contributed by atoms with Crippen LogP contribution in [-0.4, -0.2) is 37.6 Å². The van der Waals surface area contributed by atoms with E-state index >= 15 is 0 Å². The Kier molecular flexibility index (Phi) is 9.70. The van der Waals surface area contributed by atoms with Crippen LogP contribution in [0.5, 0.6) is 0 Å². The van der Waals surface area contributed by atoms with Crippen LogP contribution in [0.3, 0.4) is 0 Å². The van der Waals surface area contributed by atoms with Crippen molar-refractivity contribution in [1.82, 2.24) is 0 Å². The fourth-order valence-corrected chi connectivity index (χ4v) is 1.88. The minimum atomic E-state index is 0.123. The molecule has 0 aliphatic heterocycles. The van der Waals surface area contributed by atoms with Gasteiger partial charge < -0.3 is 14.2 Å². The monoisotopic (exact) mass is 260 g/mol. The topological polar surface area (TPSA) is 27.7 Å². The second-order valence-electron chi connectivity index (χ2n) is 5.91. The molecule has 0 radical (unpaired) electrons. The Morgan fingerprint density at radius 3 is 1.67 bits per heavy atom. The van der Waals surface area contributed by atoms with Crippen LogP contribution in [0.15, 0.2) is 0 Å². The molecule has 0 aromatic heterocycles. The van der Waals surface area contributed by atoms with Crippen LogP contribution >= 0.6 is 0 Å². The van der Waals surface area contributed by atoms with Crippen molar-refractivity contribution in [2.75, 3.05) is 13.2 Å². The van der Waals surface area contributed by atoms with Gasteiger partial charge >= 0.3 is 0 Å². The second kappa shape index (κ2) is 9.76. The first-order chi connectivity index (χ1) is 8.31. The first-order valence-electron chi connectivity index (χ1n) is 7.19. The number of hydrogen-bond donors (Lipinski definition) is 0. The van der Waals surface area contributed by atoms with E-state index < -0.39 is 0 Å². The van der Waals surface area contributed by atoms with Gasteiger partial charge in [-0.25, -0.2) is 0 Å². The van der Waals surface area contributed by atoms with E-state index in [1.165, 1.54) is 0 Å². The lowest BCUT2D eigenvalue weighted by Gasteiger charge is -2.21. The van der Waals surface area contributed by atoms with Gasteiger partial charge in [0.2, 0.25) is 0 Å². The molecular formula is C15H32O3. The van der Waals surface area contributed by atoms with E-state index in [4.69, 9.17) is 14.2 Å². The number of ether oxygens (including phenoxy) is 3. The summed E-state index contributed by atoms with van der Waals surface area (Å²) in [5.74, 6) is 0.677. The van der Waals surface area contributed by atoms with Crippen molar-refractivity contribution in [3.8, 4) is 0 Å². The largest absolute Gasteiger partial charge is 0.376 e. The third kappa shape index (κ3) is 11.0. The van der Waals surface area contributed by atoms with Gasteiger partial charge in [-0.15, -0.1) is 0 Å². The Labute approximate surface area is 113 Å². The quantitative estimate of drug-likeness (QED) is 0.600. The number of hydrogen-bond acceptors (Lipinski definition) is 3. The van der Waals surface area contributed by atoms with Crippen molar-refractivity contribution in [2.45, 2.75) is 79.3 Å². The van der Waals surface area contributed by atoms with Crippen LogP contribution in [0.4, 0.5) is 0 Å². The molecule has 3 unspecified atom stereocenters. The average molecular weight is 260 g/mol. The molecule has 3 nitrogen and oxygen atoms in total. The predicted octanol–water partition coefficient (Wildman–Crippen LogP) is 3.66. The first-order valence-corrected chi connectivity index (χ1v) is 7.19. The maximum absolute atomic E-state index is 5.76. The Hall–Kier alpha value is -0.120. The maximum atomic E-state index is 5.76. The van der Waals surface area contributed by atoms with E-state index in [0.29, 0.717) is 25.2 Å². The van der Waals surface area contributed by atoms with Crippen molar-refractivity contribution >= 4 is 0 Å². The molecule has 0 N–H and O–H groups in total. The van der Waals surface area contributed by atoms with E-state index in [1.54, 1.807) is 0 Å².